The van der Waals surface area contributed by atoms with Crippen molar-refractivity contribution in [3.05, 3.63) is 76.1 Å². The number of hydrogen-bond donors (Lipinski definition) is 3. The first-order valence-corrected chi connectivity index (χ1v) is 9.58. The molecule has 5 heteroatoms. The molecule has 4 rings (SSSR count). The maximum Gasteiger partial charge on any atom is 0.337 e. The number of aromatic carboxylic acids is 1. The van der Waals surface area contributed by atoms with Gasteiger partial charge in [-0.1, -0.05) is 43.3 Å². The molecule has 3 N–H and O–H groups in total. The van der Waals surface area contributed by atoms with E-state index in [4.69, 9.17) is 0 Å². The number of aromatic amines is 1. The van der Waals surface area contributed by atoms with Crippen LogP contribution in [0.15, 0.2) is 42.5 Å². The molecule has 0 spiro atoms. The second-order valence-corrected chi connectivity index (χ2v) is 7.29. The first-order valence-electron chi connectivity index (χ1n) is 9.58. The summed E-state index contributed by atoms with van der Waals surface area (Å²) in [6.07, 6.45) is 2.72. The number of carbonyl (C=O) groups excluding carboxylic acids is 1. The molecule has 146 valence electrons. The minimum absolute atomic E-state index is 0.193. The quantitative estimate of drug-likeness (QED) is 0.549. The molecular weight excluding hydrogens is 364 g/mol. The molecule has 0 atom stereocenters. The molecule has 1 aliphatic heterocycles. The molecule has 2 aromatic carbocycles. The summed E-state index contributed by atoms with van der Waals surface area (Å²) in [6, 6.07) is 14.3. The number of carboxylic acids is 1. The number of aromatic nitrogens is 1. The smallest absolute Gasteiger partial charge is 0.337 e. The Balaban J connectivity index is 1.73. The molecule has 1 aromatic heterocycles. The number of fused-ring (bicyclic) bond motifs is 1. The second-order valence-electron chi connectivity index (χ2n) is 7.29. The van der Waals surface area contributed by atoms with Crippen molar-refractivity contribution >= 4 is 29.2 Å². The highest BCUT2D eigenvalue weighted by Gasteiger charge is 2.26. The molecular formula is C24H22N2O3. The molecule has 0 radical (unpaired) electrons. The summed E-state index contributed by atoms with van der Waals surface area (Å²) in [5.41, 5.74) is 7.60. The van der Waals surface area contributed by atoms with Crippen LogP contribution in [-0.4, -0.2) is 22.0 Å². The highest BCUT2D eigenvalue weighted by molar-refractivity contribution is 6.35. The van der Waals surface area contributed by atoms with Crippen LogP contribution in [0.1, 0.15) is 45.4 Å². The maximum atomic E-state index is 12.6. The zero-order valence-electron chi connectivity index (χ0n) is 16.6. The third-order valence-corrected chi connectivity index (χ3v) is 5.48. The van der Waals surface area contributed by atoms with Crippen molar-refractivity contribution < 1.29 is 14.7 Å². The molecule has 1 aliphatic rings. The summed E-state index contributed by atoms with van der Waals surface area (Å²) in [7, 11) is 0. The van der Waals surface area contributed by atoms with Gasteiger partial charge in [-0.05, 0) is 54.7 Å². The van der Waals surface area contributed by atoms with Crippen LogP contribution in [0.4, 0.5) is 5.69 Å². The van der Waals surface area contributed by atoms with Crippen LogP contribution in [0.5, 0.6) is 0 Å². The summed E-state index contributed by atoms with van der Waals surface area (Å²) >= 11 is 0. The Morgan fingerprint density at radius 2 is 1.76 bits per heavy atom. The van der Waals surface area contributed by atoms with Gasteiger partial charge in [0.25, 0.3) is 5.91 Å². The molecule has 0 saturated heterocycles. The Bertz CT molecular complexity index is 1170. The van der Waals surface area contributed by atoms with Gasteiger partial charge in [-0.25, -0.2) is 4.79 Å². The van der Waals surface area contributed by atoms with E-state index in [-0.39, 0.29) is 11.5 Å². The Hall–Kier alpha value is -3.60. The van der Waals surface area contributed by atoms with Gasteiger partial charge in [-0.2, -0.15) is 0 Å². The van der Waals surface area contributed by atoms with Gasteiger partial charge in [0, 0.05) is 22.6 Å². The highest BCUT2D eigenvalue weighted by atomic mass is 16.4. The van der Waals surface area contributed by atoms with Gasteiger partial charge >= 0.3 is 5.97 Å². The number of rotatable bonds is 4. The van der Waals surface area contributed by atoms with E-state index < -0.39 is 5.97 Å². The number of aryl methyl sites for hydroxylation is 2. The summed E-state index contributed by atoms with van der Waals surface area (Å²) in [4.78, 5) is 27.1. The van der Waals surface area contributed by atoms with E-state index in [9.17, 15) is 14.7 Å². The van der Waals surface area contributed by atoms with E-state index in [0.29, 0.717) is 22.5 Å². The van der Waals surface area contributed by atoms with Gasteiger partial charge in [0.15, 0.2) is 0 Å². The van der Waals surface area contributed by atoms with Gasteiger partial charge in [0.2, 0.25) is 0 Å². The van der Waals surface area contributed by atoms with Crippen molar-refractivity contribution in [3.63, 3.8) is 0 Å². The lowest BCUT2D eigenvalue weighted by Gasteiger charge is -2.06. The first-order chi connectivity index (χ1) is 13.9. The van der Waals surface area contributed by atoms with E-state index in [0.717, 1.165) is 28.8 Å². The molecule has 0 bridgehead atoms. The molecule has 5 nitrogen and oxygen atoms in total. The third kappa shape index (κ3) is 3.25. The Morgan fingerprint density at radius 1 is 1.07 bits per heavy atom. The number of hydrogen-bond acceptors (Lipinski definition) is 2. The fraction of sp³-hybridized carbons (Fsp3) is 0.167. The average Bonchev–Trinajstić information content (AvgIpc) is 3.16. The fourth-order valence-corrected chi connectivity index (χ4v) is 3.83. The number of carboxylic acid groups (broad SMARTS) is 1. The molecule has 1 amide bonds. The van der Waals surface area contributed by atoms with E-state index in [2.05, 4.69) is 41.5 Å². The number of nitrogens with one attached hydrogen (secondary N) is 2. The summed E-state index contributed by atoms with van der Waals surface area (Å²) < 4.78 is 0. The zero-order chi connectivity index (χ0) is 20.7. The SMILES string of the molecule is CCc1ccc(-c2ccc3c(c2)NC(=O)/C3=C\c2[nH]c(C)c(C(=O)O)c2C)cc1. The van der Waals surface area contributed by atoms with Crippen molar-refractivity contribution in [1.29, 1.82) is 0 Å². The van der Waals surface area contributed by atoms with Crippen LogP contribution in [0.2, 0.25) is 0 Å². The van der Waals surface area contributed by atoms with Gasteiger partial charge in [-0.3, -0.25) is 4.79 Å². The summed E-state index contributed by atoms with van der Waals surface area (Å²) in [6.45, 7) is 5.59. The lowest BCUT2D eigenvalue weighted by Crippen LogP contribution is -2.03. The lowest BCUT2D eigenvalue weighted by molar-refractivity contribution is -0.110. The number of amides is 1. The molecule has 29 heavy (non-hydrogen) atoms. The Labute approximate surface area is 169 Å². The minimum atomic E-state index is -0.976. The third-order valence-electron chi connectivity index (χ3n) is 5.48. The van der Waals surface area contributed by atoms with Crippen LogP contribution in [0.3, 0.4) is 0 Å². The van der Waals surface area contributed by atoms with E-state index in [1.165, 1.54) is 5.56 Å². The van der Waals surface area contributed by atoms with Crippen molar-refractivity contribution in [2.45, 2.75) is 27.2 Å². The topological polar surface area (TPSA) is 82.2 Å². The molecule has 0 saturated carbocycles. The predicted octanol–water partition coefficient (Wildman–Crippen LogP) is 5.05. The van der Waals surface area contributed by atoms with Crippen molar-refractivity contribution in [2.75, 3.05) is 5.32 Å². The number of H-pyrrole nitrogens is 1. The maximum absolute atomic E-state index is 12.6. The molecule has 3 aromatic rings. The Morgan fingerprint density at radius 3 is 2.38 bits per heavy atom. The minimum Gasteiger partial charge on any atom is -0.478 e. The van der Waals surface area contributed by atoms with Crippen molar-refractivity contribution in [3.8, 4) is 11.1 Å². The predicted molar refractivity (Wildman–Crippen MR) is 115 cm³/mol. The van der Waals surface area contributed by atoms with Crippen LogP contribution < -0.4 is 5.32 Å². The van der Waals surface area contributed by atoms with Crippen LogP contribution >= 0.6 is 0 Å². The van der Waals surface area contributed by atoms with E-state index in [1.54, 1.807) is 19.9 Å². The molecule has 0 unspecified atom stereocenters. The highest BCUT2D eigenvalue weighted by Crippen LogP contribution is 2.37. The normalized spacial score (nSPS) is 14.2. The molecule has 0 fully saturated rings. The number of anilines is 1. The standard InChI is InChI=1S/C24H22N2O3/c1-4-15-5-7-16(8-6-15)17-9-10-18-19(23(27)26-21(18)11-17)12-20-13(2)22(24(28)29)14(3)25-20/h5-12,25H,4H2,1-3H3,(H,26,27)(H,28,29)/b19-12-. The van der Waals surface area contributed by atoms with Crippen LogP contribution in [0.25, 0.3) is 22.8 Å². The van der Waals surface area contributed by atoms with E-state index >= 15 is 0 Å². The van der Waals surface area contributed by atoms with Crippen LogP contribution in [0, 0.1) is 13.8 Å². The number of benzene rings is 2. The van der Waals surface area contributed by atoms with Crippen molar-refractivity contribution in [1.82, 2.24) is 4.98 Å². The van der Waals surface area contributed by atoms with Gasteiger partial charge < -0.3 is 15.4 Å². The number of carbonyl (C=O) groups is 2. The summed E-state index contributed by atoms with van der Waals surface area (Å²) in [5, 5.41) is 12.3. The van der Waals surface area contributed by atoms with Crippen LogP contribution in [-0.2, 0) is 11.2 Å². The first kappa shape index (κ1) is 18.7. The monoisotopic (exact) mass is 386 g/mol. The van der Waals surface area contributed by atoms with Gasteiger partial charge in [0.1, 0.15) is 0 Å². The van der Waals surface area contributed by atoms with Gasteiger partial charge in [0.05, 0.1) is 11.1 Å². The largest absolute Gasteiger partial charge is 0.478 e. The van der Waals surface area contributed by atoms with Crippen molar-refractivity contribution in [2.24, 2.45) is 0 Å². The second kappa shape index (κ2) is 7.09. The van der Waals surface area contributed by atoms with E-state index in [1.807, 2.05) is 18.2 Å². The average molecular weight is 386 g/mol. The molecule has 0 aliphatic carbocycles. The zero-order valence-corrected chi connectivity index (χ0v) is 16.6. The fourth-order valence-electron chi connectivity index (χ4n) is 3.83. The van der Waals surface area contributed by atoms with Gasteiger partial charge in [-0.15, -0.1) is 0 Å². The Kier molecular flexibility index (Phi) is 4.59. The molecule has 2 heterocycles. The summed E-state index contributed by atoms with van der Waals surface area (Å²) in [5.74, 6) is -1.17. The lowest BCUT2D eigenvalue weighted by atomic mass is 9.98.